The Hall–Kier alpha value is -2.05. The molecule has 0 amide bonds. The number of nitrogens with one attached hydrogen (secondary N) is 2. The molecule has 1 heterocycles. The molecule has 3 rings (SSSR count). The van der Waals surface area contributed by atoms with Crippen molar-refractivity contribution in [2.24, 2.45) is 4.99 Å². The standard InChI is InChI=1S/C15H14ClN3O2S/c1-20-11-5-3-4-10(8-11)17-15-18-14-12(21-2)6-9(16)7-13(14)22-19-15/h3-8H,1-2H3,(H2,17,18,19). The van der Waals surface area contributed by atoms with Crippen molar-refractivity contribution in [3.05, 3.63) is 41.4 Å². The van der Waals surface area contributed by atoms with Gasteiger partial charge in [0.25, 0.3) is 0 Å². The Bertz CT molecular complexity index is 737. The summed E-state index contributed by atoms with van der Waals surface area (Å²) in [5.41, 5.74) is 1.63. The van der Waals surface area contributed by atoms with E-state index in [2.05, 4.69) is 15.0 Å². The van der Waals surface area contributed by atoms with Gasteiger partial charge in [-0.25, -0.2) is 4.99 Å². The molecule has 7 heteroatoms. The van der Waals surface area contributed by atoms with E-state index in [0.29, 0.717) is 16.7 Å². The van der Waals surface area contributed by atoms with Crippen LogP contribution in [0.5, 0.6) is 11.5 Å². The number of halogens is 1. The number of fused-ring (bicyclic) bond motifs is 1. The highest BCUT2D eigenvalue weighted by Gasteiger charge is 2.18. The highest BCUT2D eigenvalue weighted by molar-refractivity contribution is 7.98. The van der Waals surface area contributed by atoms with Gasteiger partial charge in [-0.15, -0.1) is 0 Å². The molecule has 5 nitrogen and oxygen atoms in total. The van der Waals surface area contributed by atoms with E-state index in [-0.39, 0.29) is 0 Å². The minimum atomic E-state index is 0.615. The van der Waals surface area contributed by atoms with Gasteiger partial charge in [-0.2, -0.15) is 0 Å². The van der Waals surface area contributed by atoms with Crippen LogP contribution in [0.1, 0.15) is 0 Å². The van der Waals surface area contributed by atoms with Crippen LogP contribution in [0.2, 0.25) is 5.02 Å². The van der Waals surface area contributed by atoms with Gasteiger partial charge in [-0.1, -0.05) is 17.7 Å². The lowest BCUT2D eigenvalue weighted by Crippen LogP contribution is -2.26. The first kappa shape index (κ1) is 14.9. The second-order valence-electron chi connectivity index (χ2n) is 4.48. The van der Waals surface area contributed by atoms with Gasteiger partial charge in [0.15, 0.2) is 0 Å². The molecule has 2 aromatic rings. The summed E-state index contributed by atoms with van der Waals surface area (Å²) < 4.78 is 13.7. The zero-order valence-electron chi connectivity index (χ0n) is 12.0. The Kier molecular flexibility index (Phi) is 4.31. The van der Waals surface area contributed by atoms with Gasteiger partial charge in [0, 0.05) is 22.8 Å². The summed E-state index contributed by atoms with van der Waals surface area (Å²) in [5.74, 6) is 2.03. The maximum atomic E-state index is 6.06. The van der Waals surface area contributed by atoms with Gasteiger partial charge in [0.2, 0.25) is 5.96 Å². The lowest BCUT2D eigenvalue weighted by molar-refractivity contribution is 0.415. The first-order valence-corrected chi connectivity index (χ1v) is 7.69. The van der Waals surface area contributed by atoms with Crippen LogP contribution in [0.3, 0.4) is 0 Å². The van der Waals surface area contributed by atoms with Crippen molar-refractivity contribution in [3.8, 4) is 11.5 Å². The molecule has 0 spiro atoms. The summed E-state index contributed by atoms with van der Waals surface area (Å²) in [5, 5.41) is 3.83. The molecule has 1 aliphatic rings. The number of benzene rings is 2. The summed E-state index contributed by atoms with van der Waals surface area (Å²) in [6.07, 6.45) is 0. The molecule has 0 fully saturated rings. The van der Waals surface area contributed by atoms with Crippen LogP contribution in [-0.4, -0.2) is 20.2 Å². The van der Waals surface area contributed by atoms with Crippen molar-refractivity contribution in [2.45, 2.75) is 4.90 Å². The van der Waals surface area contributed by atoms with Gasteiger partial charge in [0.05, 0.1) is 19.1 Å². The molecular formula is C15H14ClN3O2S. The maximum absolute atomic E-state index is 6.06. The van der Waals surface area contributed by atoms with Gasteiger partial charge >= 0.3 is 0 Å². The minimum Gasteiger partial charge on any atom is -0.497 e. The predicted octanol–water partition coefficient (Wildman–Crippen LogP) is 4.07. The van der Waals surface area contributed by atoms with Crippen LogP contribution >= 0.6 is 23.5 Å². The Morgan fingerprint density at radius 1 is 1.18 bits per heavy atom. The van der Waals surface area contributed by atoms with Crippen molar-refractivity contribution in [1.29, 1.82) is 0 Å². The molecule has 2 N–H and O–H groups in total. The van der Waals surface area contributed by atoms with Gasteiger partial charge in [-0.05, 0) is 30.1 Å². The lowest BCUT2D eigenvalue weighted by Gasteiger charge is -2.19. The van der Waals surface area contributed by atoms with Crippen LogP contribution in [-0.2, 0) is 0 Å². The zero-order chi connectivity index (χ0) is 15.5. The number of aliphatic imine (C=N–C) groups is 1. The quantitative estimate of drug-likeness (QED) is 0.828. The first-order valence-electron chi connectivity index (χ1n) is 6.50. The highest BCUT2D eigenvalue weighted by Crippen LogP contribution is 2.41. The molecule has 0 saturated heterocycles. The largest absolute Gasteiger partial charge is 0.497 e. The van der Waals surface area contributed by atoms with E-state index in [9.17, 15) is 0 Å². The van der Waals surface area contributed by atoms with E-state index in [0.717, 1.165) is 22.0 Å². The number of hydrogen-bond acceptors (Lipinski definition) is 6. The summed E-state index contributed by atoms with van der Waals surface area (Å²) in [4.78, 5) is 5.47. The summed E-state index contributed by atoms with van der Waals surface area (Å²) >= 11 is 7.49. The van der Waals surface area contributed by atoms with Crippen molar-refractivity contribution < 1.29 is 9.47 Å². The molecule has 114 valence electrons. The number of hydrogen-bond donors (Lipinski definition) is 2. The van der Waals surface area contributed by atoms with Crippen LogP contribution in [0.25, 0.3) is 0 Å². The van der Waals surface area contributed by atoms with Crippen LogP contribution in [0, 0.1) is 0 Å². The molecule has 0 unspecified atom stereocenters. The molecule has 22 heavy (non-hydrogen) atoms. The third kappa shape index (κ3) is 3.08. The number of rotatable bonds is 3. The topological polar surface area (TPSA) is 54.9 Å². The third-order valence-corrected chi connectivity index (χ3v) is 4.08. The van der Waals surface area contributed by atoms with E-state index in [1.165, 1.54) is 11.9 Å². The summed E-state index contributed by atoms with van der Waals surface area (Å²) in [7, 11) is 3.24. The molecule has 0 aliphatic carbocycles. The first-order chi connectivity index (χ1) is 10.7. The average Bonchev–Trinajstić information content (AvgIpc) is 2.54. The number of nitrogens with zero attached hydrogens (tertiary/aromatic N) is 1. The van der Waals surface area contributed by atoms with Crippen molar-refractivity contribution in [3.63, 3.8) is 0 Å². The Labute approximate surface area is 137 Å². The van der Waals surface area contributed by atoms with Gasteiger partial charge < -0.3 is 14.8 Å². The smallest absolute Gasteiger partial charge is 0.211 e. The minimum absolute atomic E-state index is 0.615. The summed E-state index contributed by atoms with van der Waals surface area (Å²) in [6, 6.07) is 11.2. The third-order valence-electron chi connectivity index (χ3n) is 3.04. The molecule has 0 atom stereocenters. The molecule has 1 aliphatic heterocycles. The average molecular weight is 336 g/mol. The van der Waals surface area contributed by atoms with Crippen molar-refractivity contribution in [2.75, 3.05) is 19.5 Å². The number of ether oxygens (including phenoxy) is 2. The van der Waals surface area contributed by atoms with Gasteiger partial charge in [0.1, 0.15) is 17.2 Å². The van der Waals surface area contributed by atoms with E-state index in [4.69, 9.17) is 21.1 Å². The SMILES string of the molecule is COc1cccc(NC2=Nc3c(OC)cc(Cl)cc3SN2)c1. The van der Waals surface area contributed by atoms with E-state index in [1.807, 2.05) is 30.3 Å². The second-order valence-corrected chi connectivity index (χ2v) is 5.76. The summed E-state index contributed by atoms with van der Waals surface area (Å²) in [6.45, 7) is 0. The Morgan fingerprint density at radius 2 is 2.05 bits per heavy atom. The lowest BCUT2D eigenvalue weighted by atomic mass is 10.3. The Balaban J connectivity index is 1.90. The Morgan fingerprint density at radius 3 is 2.82 bits per heavy atom. The molecule has 0 aromatic heterocycles. The number of methoxy groups -OCH3 is 2. The number of anilines is 1. The maximum Gasteiger partial charge on any atom is 0.211 e. The van der Waals surface area contributed by atoms with Crippen LogP contribution in [0.4, 0.5) is 11.4 Å². The fourth-order valence-electron chi connectivity index (χ4n) is 2.02. The molecule has 0 saturated carbocycles. The fraction of sp³-hybridized carbons (Fsp3) is 0.133. The monoisotopic (exact) mass is 335 g/mol. The van der Waals surface area contributed by atoms with Crippen molar-refractivity contribution >= 4 is 40.9 Å². The number of guanidine groups is 1. The molecular weight excluding hydrogens is 322 g/mol. The molecule has 2 aromatic carbocycles. The predicted molar refractivity (Wildman–Crippen MR) is 90.7 cm³/mol. The highest BCUT2D eigenvalue weighted by atomic mass is 35.5. The van der Waals surface area contributed by atoms with E-state index >= 15 is 0 Å². The molecule has 0 radical (unpaired) electrons. The van der Waals surface area contributed by atoms with Gasteiger partial charge in [-0.3, -0.25) is 4.72 Å². The molecule has 0 bridgehead atoms. The zero-order valence-corrected chi connectivity index (χ0v) is 13.6. The van der Waals surface area contributed by atoms with Crippen LogP contribution in [0.15, 0.2) is 46.3 Å². The van der Waals surface area contributed by atoms with E-state index < -0.39 is 0 Å². The van der Waals surface area contributed by atoms with Crippen LogP contribution < -0.4 is 19.5 Å². The fourth-order valence-corrected chi connectivity index (χ4v) is 3.03. The normalized spacial score (nSPS) is 12.8. The second kappa shape index (κ2) is 6.37. The van der Waals surface area contributed by atoms with Crippen molar-refractivity contribution in [1.82, 2.24) is 4.72 Å². The van der Waals surface area contributed by atoms with E-state index in [1.54, 1.807) is 20.3 Å².